The van der Waals surface area contributed by atoms with Gasteiger partial charge in [0.15, 0.2) is 0 Å². The minimum absolute atomic E-state index is 0.0274. The lowest BCUT2D eigenvalue weighted by Crippen LogP contribution is -2.32. The highest BCUT2D eigenvalue weighted by molar-refractivity contribution is 5.68. The van der Waals surface area contributed by atoms with Gasteiger partial charge in [0.05, 0.1) is 0 Å². The fourth-order valence-electron chi connectivity index (χ4n) is 1.64. The highest BCUT2D eigenvalue weighted by Gasteiger charge is 2.13. The molecule has 0 bridgehead atoms. The minimum Gasteiger partial charge on any atom is -0.481 e. The number of ether oxygens (including phenoxy) is 1. The maximum atomic E-state index is 11.9. The lowest BCUT2D eigenvalue weighted by Gasteiger charge is -2.20. The van der Waals surface area contributed by atoms with Crippen LogP contribution in [-0.2, 0) is 16.1 Å². The Labute approximate surface area is 118 Å². The molecule has 0 spiro atoms. The van der Waals surface area contributed by atoms with E-state index >= 15 is 0 Å². The van der Waals surface area contributed by atoms with Gasteiger partial charge >= 0.3 is 12.1 Å². The Morgan fingerprint density at radius 3 is 2.60 bits per heavy atom. The Bertz CT molecular complexity index is 444. The Morgan fingerprint density at radius 2 is 2.00 bits per heavy atom. The number of nitrogens with zero attached hydrogens (tertiary/aromatic N) is 1. The molecule has 1 amide bonds. The van der Waals surface area contributed by atoms with E-state index in [1.807, 2.05) is 30.3 Å². The molecule has 0 aromatic heterocycles. The number of benzene rings is 1. The molecule has 0 saturated carbocycles. The predicted octanol–water partition coefficient (Wildman–Crippen LogP) is 2.68. The maximum absolute atomic E-state index is 11.9. The largest absolute Gasteiger partial charge is 0.481 e. The molecule has 1 rings (SSSR count). The molecule has 0 radical (unpaired) electrons. The minimum atomic E-state index is -0.874. The van der Waals surface area contributed by atoms with Crippen molar-refractivity contribution in [3.05, 3.63) is 48.6 Å². The summed E-state index contributed by atoms with van der Waals surface area (Å²) in [5.41, 5.74) is 0.907. The fourth-order valence-corrected chi connectivity index (χ4v) is 1.64. The number of carbonyl (C=O) groups is 2. The quantitative estimate of drug-likeness (QED) is 0.742. The molecule has 0 aliphatic rings. The Kier molecular flexibility index (Phi) is 6.89. The van der Waals surface area contributed by atoms with Crippen LogP contribution in [0.2, 0.25) is 0 Å². The van der Waals surface area contributed by atoms with Gasteiger partial charge in [-0.3, -0.25) is 4.79 Å². The first kappa shape index (κ1) is 15.8. The van der Waals surface area contributed by atoms with Crippen LogP contribution in [0.15, 0.2) is 43.0 Å². The van der Waals surface area contributed by atoms with Gasteiger partial charge in [-0.2, -0.15) is 0 Å². The summed E-state index contributed by atoms with van der Waals surface area (Å²) in [6.07, 6.45) is 1.55. The molecule has 108 valence electrons. The maximum Gasteiger partial charge on any atom is 0.410 e. The van der Waals surface area contributed by atoms with Crippen LogP contribution in [0.5, 0.6) is 0 Å². The number of carboxylic acid groups (broad SMARTS) is 1. The number of aliphatic carboxylic acids is 1. The molecule has 0 heterocycles. The first-order valence-electron chi connectivity index (χ1n) is 6.42. The van der Waals surface area contributed by atoms with Crippen molar-refractivity contribution in [2.45, 2.75) is 19.4 Å². The third-order valence-corrected chi connectivity index (χ3v) is 2.63. The van der Waals surface area contributed by atoms with Gasteiger partial charge < -0.3 is 14.7 Å². The van der Waals surface area contributed by atoms with Gasteiger partial charge in [-0.15, -0.1) is 6.58 Å². The van der Waals surface area contributed by atoms with Crippen LogP contribution in [0.1, 0.15) is 18.4 Å². The van der Waals surface area contributed by atoms with Crippen LogP contribution < -0.4 is 0 Å². The van der Waals surface area contributed by atoms with E-state index in [1.54, 1.807) is 6.08 Å². The average Bonchev–Trinajstić information content (AvgIpc) is 2.44. The number of rotatable bonds is 8. The zero-order valence-corrected chi connectivity index (χ0v) is 11.3. The summed E-state index contributed by atoms with van der Waals surface area (Å²) in [6, 6.07) is 9.38. The first-order valence-corrected chi connectivity index (χ1v) is 6.42. The van der Waals surface area contributed by atoms with Gasteiger partial charge in [-0.25, -0.2) is 4.79 Å². The highest BCUT2D eigenvalue weighted by Crippen LogP contribution is 2.05. The standard InChI is InChI=1S/C15H19NO4/c1-2-10-16(11-6-9-14(17)18)15(19)20-12-13-7-4-3-5-8-13/h2-5,7-8H,1,6,9-12H2,(H,17,18). The number of carbonyl (C=O) groups excluding carboxylic acids is 1. The summed E-state index contributed by atoms with van der Waals surface area (Å²) in [5.74, 6) is -0.874. The van der Waals surface area contributed by atoms with Crippen molar-refractivity contribution in [3.8, 4) is 0 Å². The average molecular weight is 277 g/mol. The van der Waals surface area contributed by atoms with Crippen LogP contribution in [0.25, 0.3) is 0 Å². The number of carboxylic acids is 1. The molecule has 0 aliphatic heterocycles. The van der Waals surface area contributed by atoms with E-state index in [2.05, 4.69) is 6.58 Å². The molecule has 0 atom stereocenters. The second-order valence-electron chi connectivity index (χ2n) is 4.27. The van der Waals surface area contributed by atoms with Crippen molar-refractivity contribution in [3.63, 3.8) is 0 Å². The summed E-state index contributed by atoms with van der Waals surface area (Å²) in [4.78, 5) is 23.8. The van der Waals surface area contributed by atoms with Crippen molar-refractivity contribution >= 4 is 12.1 Å². The summed E-state index contributed by atoms with van der Waals surface area (Å²) >= 11 is 0. The Morgan fingerprint density at radius 1 is 1.30 bits per heavy atom. The zero-order valence-electron chi connectivity index (χ0n) is 11.3. The van der Waals surface area contributed by atoms with Crippen molar-refractivity contribution in [1.29, 1.82) is 0 Å². The molecule has 0 fully saturated rings. The van der Waals surface area contributed by atoms with Crippen molar-refractivity contribution in [2.75, 3.05) is 13.1 Å². The van der Waals surface area contributed by atoms with Gasteiger partial charge in [-0.1, -0.05) is 36.4 Å². The van der Waals surface area contributed by atoms with E-state index in [0.29, 0.717) is 19.5 Å². The van der Waals surface area contributed by atoms with E-state index in [0.717, 1.165) is 5.56 Å². The monoisotopic (exact) mass is 277 g/mol. The molecule has 20 heavy (non-hydrogen) atoms. The highest BCUT2D eigenvalue weighted by atomic mass is 16.6. The Hall–Kier alpha value is -2.30. The first-order chi connectivity index (χ1) is 9.63. The Balaban J connectivity index is 2.42. The molecule has 1 aromatic carbocycles. The molecule has 0 unspecified atom stereocenters. The lowest BCUT2D eigenvalue weighted by molar-refractivity contribution is -0.137. The van der Waals surface area contributed by atoms with Crippen LogP contribution in [-0.4, -0.2) is 35.2 Å². The molecular formula is C15H19NO4. The van der Waals surface area contributed by atoms with Crippen LogP contribution in [0, 0.1) is 0 Å². The summed E-state index contributed by atoms with van der Waals surface area (Å²) in [7, 11) is 0. The molecule has 0 aliphatic carbocycles. The smallest absolute Gasteiger partial charge is 0.410 e. The number of hydrogen-bond donors (Lipinski definition) is 1. The number of amides is 1. The molecule has 0 saturated heterocycles. The van der Waals surface area contributed by atoms with Crippen LogP contribution in [0.3, 0.4) is 0 Å². The second kappa shape index (κ2) is 8.74. The third kappa shape index (κ3) is 6.04. The predicted molar refractivity (Wildman–Crippen MR) is 75.3 cm³/mol. The molecule has 5 nitrogen and oxygen atoms in total. The van der Waals surface area contributed by atoms with Gasteiger partial charge in [0, 0.05) is 19.5 Å². The van der Waals surface area contributed by atoms with Crippen molar-refractivity contribution in [1.82, 2.24) is 4.90 Å². The van der Waals surface area contributed by atoms with Crippen LogP contribution in [0.4, 0.5) is 4.79 Å². The van der Waals surface area contributed by atoms with E-state index in [9.17, 15) is 9.59 Å². The molecule has 1 aromatic rings. The summed E-state index contributed by atoms with van der Waals surface area (Å²) < 4.78 is 5.19. The SMILES string of the molecule is C=CCN(CCCC(=O)O)C(=O)OCc1ccccc1. The van der Waals surface area contributed by atoms with E-state index in [1.165, 1.54) is 4.90 Å². The second-order valence-corrected chi connectivity index (χ2v) is 4.27. The van der Waals surface area contributed by atoms with Gasteiger partial charge in [0.25, 0.3) is 0 Å². The fraction of sp³-hybridized carbons (Fsp3) is 0.333. The molecule has 5 heteroatoms. The molecule has 1 N–H and O–H groups in total. The van der Waals surface area contributed by atoms with E-state index < -0.39 is 12.1 Å². The van der Waals surface area contributed by atoms with Gasteiger partial charge in [-0.05, 0) is 12.0 Å². The van der Waals surface area contributed by atoms with Crippen LogP contribution >= 0.6 is 0 Å². The summed E-state index contributed by atoms with van der Waals surface area (Å²) in [5, 5.41) is 8.59. The molecular weight excluding hydrogens is 258 g/mol. The van der Waals surface area contributed by atoms with E-state index in [4.69, 9.17) is 9.84 Å². The van der Waals surface area contributed by atoms with Gasteiger partial charge in [0.1, 0.15) is 6.61 Å². The third-order valence-electron chi connectivity index (χ3n) is 2.63. The summed E-state index contributed by atoms with van der Waals surface area (Å²) in [6.45, 7) is 4.46. The topological polar surface area (TPSA) is 66.8 Å². The van der Waals surface area contributed by atoms with Gasteiger partial charge in [0.2, 0.25) is 0 Å². The zero-order chi connectivity index (χ0) is 14.8. The van der Waals surface area contributed by atoms with E-state index in [-0.39, 0.29) is 13.0 Å². The lowest BCUT2D eigenvalue weighted by atomic mass is 10.2. The van der Waals surface area contributed by atoms with Crippen molar-refractivity contribution < 1.29 is 19.4 Å². The van der Waals surface area contributed by atoms with Crippen molar-refractivity contribution in [2.24, 2.45) is 0 Å². The number of hydrogen-bond acceptors (Lipinski definition) is 3. The normalized spacial score (nSPS) is 9.80.